The maximum absolute atomic E-state index is 9.70. The average Bonchev–Trinajstić information content (AvgIpc) is 2.30. The fourth-order valence-electron chi connectivity index (χ4n) is 3.30. The van der Waals surface area contributed by atoms with Crippen LogP contribution in [0.2, 0.25) is 0 Å². The second-order valence-electron chi connectivity index (χ2n) is 5.66. The average molecular weight is 222 g/mol. The van der Waals surface area contributed by atoms with Crippen molar-refractivity contribution in [2.75, 3.05) is 26.3 Å². The van der Waals surface area contributed by atoms with Gasteiger partial charge in [-0.05, 0) is 18.3 Å². The van der Waals surface area contributed by atoms with Gasteiger partial charge in [-0.2, -0.15) is 5.26 Å². The van der Waals surface area contributed by atoms with Crippen molar-refractivity contribution in [1.29, 1.82) is 5.26 Å². The number of rotatable bonds is 1. The summed E-state index contributed by atoms with van der Waals surface area (Å²) in [5.41, 5.74) is -0.146. The minimum atomic E-state index is -0.255. The number of ether oxygens (including phenoxy) is 1. The molecule has 16 heavy (non-hydrogen) atoms. The molecule has 1 saturated heterocycles. The predicted molar refractivity (Wildman–Crippen MR) is 63.0 cm³/mol. The van der Waals surface area contributed by atoms with Gasteiger partial charge in [-0.3, -0.25) is 4.90 Å². The third kappa shape index (κ3) is 1.74. The molecule has 1 heterocycles. The van der Waals surface area contributed by atoms with E-state index in [9.17, 15) is 5.26 Å². The smallest absolute Gasteiger partial charge is 0.114 e. The molecule has 1 aliphatic heterocycles. The third-order valence-electron chi connectivity index (χ3n) is 4.45. The predicted octanol–water partition coefficient (Wildman–Crippen LogP) is 2.18. The first-order valence-electron chi connectivity index (χ1n) is 6.36. The van der Waals surface area contributed by atoms with Crippen LogP contribution in [0.1, 0.15) is 39.5 Å². The molecule has 2 aliphatic rings. The Bertz CT molecular complexity index is 289. The highest BCUT2D eigenvalue weighted by Crippen LogP contribution is 2.47. The van der Waals surface area contributed by atoms with E-state index in [4.69, 9.17) is 4.74 Å². The number of hydrogen-bond acceptors (Lipinski definition) is 3. The van der Waals surface area contributed by atoms with E-state index < -0.39 is 0 Å². The zero-order chi connectivity index (χ0) is 11.6. The van der Waals surface area contributed by atoms with Gasteiger partial charge in [0, 0.05) is 13.1 Å². The molecule has 3 nitrogen and oxygen atoms in total. The monoisotopic (exact) mass is 222 g/mol. The molecule has 0 aromatic carbocycles. The number of nitriles is 1. The van der Waals surface area contributed by atoms with Crippen molar-refractivity contribution >= 4 is 0 Å². The van der Waals surface area contributed by atoms with Crippen LogP contribution in [-0.2, 0) is 4.74 Å². The van der Waals surface area contributed by atoms with E-state index >= 15 is 0 Å². The summed E-state index contributed by atoms with van der Waals surface area (Å²) in [5, 5.41) is 9.70. The van der Waals surface area contributed by atoms with Crippen LogP contribution in [0, 0.1) is 16.7 Å². The highest BCUT2D eigenvalue weighted by atomic mass is 16.5. The van der Waals surface area contributed by atoms with Crippen molar-refractivity contribution in [3.05, 3.63) is 0 Å². The largest absolute Gasteiger partial charge is 0.379 e. The standard InChI is InChI=1S/C13H22N2O/c1-12(2)5-3-4-6-13(12,11-14)15-7-9-16-10-8-15/h3-10H2,1-2H3. The van der Waals surface area contributed by atoms with Crippen LogP contribution >= 0.6 is 0 Å². The zero-order valence-corrected chi connectivity index (χ0v) is 10.5. The lowest BCUT2D eigenvalue weighted by molar-refractivity contribution is -0.0637. The van der Waals surface area contributed by atoms with Crippen molar-refractivity contribution in [2.45, 2.75) is 45.1 Å². The first-order chi connectivity index (χ1) is 7.62. The Morgan fingerprint density at radius 1 is 1.12 bits per heavy atom. The van der Waals surface area contributed by atoms with Crippen LogP contribution in [0.5, 0.6) is 0 Å². The molecule has 1 atom stereocenters. The van der Waals surface area contributed by atoms with Gasteiger partial charge in [-0.25, -0.2) is 0 Å². The molecule has 0 aromatic rings. The Balaban J connectivity index is 2.25. The van der Waals surface area contributed by atoms with E-state index in [1.165, 1.54) is 12.8 Å². The van der Waals surface area contributed by atoms with E-state index in [2.05, 4.69) is 24.8 Å². The van der Waals surface area contributed by atoms with Gasteiger partial charge in [0.2, 0.25) is 0 Å². The van der Waals surface area contributed by atoms with Crippen molar-refractivity contribution in [3.63, 3.8) is 0 Å². The van der Waals surface area contributed by atoms with Crippen molar-refractivity contribution in [3.8, 4) is 6.07 Å². The molecule has 0 amide bonds. The van der Waals surface area contributed by atoms with Gasteiger partial charge in [0.05, 0.1) is 19.3 Å². The van der Waals surface area contributed by atoms with Gasteiger partial charge in [-0.1, -0.05) is 26.7 Å². The second kappa shape index (κ2) is 4.35. The van der Waals surface area contributed by atoms with Gasteiger partial charge in [0.1, 0.15) is 5.54 Å². The van der Waals surface area contributed by atoms with Crippen molar-refractivity contribution in [1.82, 2.24) is 4.90 Å². The molecule has 2 fully saturated rings. The minimum absolute atomic E-state index is 0.108. The molecule has 0 bridgehead atoms. The summed E-state index contributed by atoms with van der Waals surface area (Å²) in [6, 6.07) is 2.65. The minimum Gasteiger partial charge on any atom is -0.379 e. The Labute approximate surface area is 98.4 Å². The second-order valence-corrected chi connectivity index (χ2v) is 5.66. The normalized spacial score (nSPS) is 35.6. The number of hydrogen-bond donors (Lipinski definition) is 0. The summed E-state index contributed by atoms with van der Waals surface area (Å²) >= 11 is 0. The Morgan fingerprint density at radius 3 is 2.31 bits per heavy atom. The Kier molecular flexibility index (Phi) is 3.23. The van der Waals surface area contributed by atoms with Crippen LogP contribution in [0.4, 0.5) is 0 Å². The van der Waals surface area contributed by atoms with Crippen LogP contribution in [0.25, 0.3) is 0 Å². The van der Waals surface area contributed by atoms with Crippen molar-refractivity contribution in [2.24, 2.45) is 5.41 Å². The molecule has 3 heteroatoms. The number of nitrogens with zero attached hydrogens (tertiary/aromatic N) is 2. The van der Waals surface area contributed by atoms with Gasteiger partial charge in [-0.15, -0.1) is 0 Å². The highest BCUT2D eigenvalue weighted by molar-refractivity contribution is 5.17. The van der Waals surface area contributed by atoms with E-state index in [1.807, 2.05) is 0 Å². The quantitative estimate of drug-likeness (QED) is 0.682. The first kappa shape index (κ1) is 11.9. The molecule has 1 aliphatic carbocycles. The lowest BCUT2D eigenvalue weighted by atomic mass is 9.63. The molecule has 2 rings (SSSR count). The summed E-state index contributed by atoms with van der Waals surface area (Å²) in [6.07, 6.45) is 4.64. The van der Waals surface area contributed by atoms with Crippen LogP contribution in [-0.4, -0.2) is 36.7 Å². The fourth-order valence-corrected chi connectivity index (χ4v) is 3.30. The summed E-state index contributed by atoms with van der Waals surface area (Å²) in [5.74, 6) is 0. The highest BCUT2D eigenvalue weighted by Gasteiger charge is 2.51. The molecule has 0 spiro atoms. The summed E-state index contributed by atoms with van der Waals surface area (Å²) in [6.45, 7) is 7.89. The molecule has 0 aromatic heterocycles. The maximum atomic E-state index is 9.70. The zero-order valence-electron chi connectivity index (χ0n) is 10.5. The lowest BCUT2D eigenvalue weighted by Crippen LogP contribution is -2.61. The molecule has 0 N–H and O–H groups in total. The van der Waals surface area contributed by atoms with Crippen molar-refractivity contribution < 1.29 is 4.74 Å². The third-order valence-corrected chi connectivity index (χ3v) is 4.45. The van der Waals surface area contributed by atoms with Gasteiger partial charge in [0.15, 0.2) is 0 Å². The molecule has 0 radical (unpaired) electrons. The Hall–Kier alpha value is -0.590. The number of morpholine rings is 1. The van der Waals surface area contributed by atoms with E-state index in [-0.39, 0.29) is 11.0 Å². The molecule has 90 valence electrons. The van der Waals surface area contributed by atoms with Gasteiger partial charge < -0.3 is 4.74 Å². The van der Waals surface area contributed by atoms with Gasteiger partial charge >= 0.3 is 0 Å². The van der Waals surface area contributed by atoms with Crippen LogP contribution in [0.15, 0.2) is 0 Å². The SMILES string of the molecule is CC1(C)CCCCC1(C#N)N1CCOCC1. The van der Waals surface area contributed by atoms with Gasteiger partial charge in [0.25, 0.3) is 0 Å². The maximum Gasteiger partial charge on any atom is 0.114 e. The van der Waals surface area contributed by atoms with E-state index in [0.717, 1.165) is 39.1 Å². The molecular weight excluding hydrogens is 200 g/mol. The van der Waals surface area contributed by atoms with E-state index in [1.54, 1.807) is 0 Å². The van der Waals surface area contributed by atoms with E-state index in [0.29, 0.717) is 0 Å². The summed E-state index contributed by atoms with van der Waals surface area (Å²) in [4.78, 5) is 2.37. The fraction of sp³-hybridized carbons (Fsp3) is 0.923. The lowest BCUT2D eigenvalue weighted by Gasteiger charge is -2.52. The first-order valence-corrected chi connectivity index (χ1v) is 6.36. The molecule has 1 unspecified atom stereocenters. The van der Waals surface area contributed by atoms with Crippen LogP contribution in [0.3, 0.4) is 0 Å². The molecule has 1 saturated carbocycles. The molecular formula is C13H22N2O. The summed E-state index contributed by atoms with van der Waals surface area (Å²) < 4.78 is 5.40. The summed E-state index contributed by atoms with van der Waals surface area (Å²) in [7, 11) is 0. The van der Waals surface area contributed by atoms with Crippen LogP contribution < -0.4 is 0 Å². The Morgan fingerprint density at radius 2 is 1.75 bits per heavy atom. The topological polar surface area (TPSA) is 36.3 Å².